The lowest BCUT2D eigenvalue weighted by Gasteiger charge is -2.37. The number of anilines is 1. The van der Waals surface area contributed by atoms with Crippen LogP contribution in [0.15, 0.2) is 40.9 Å². The van der Waals surface area contributed by atoms with Crippen LogP contribution in [0.5, 0.6) is 0 Å². The summed E-state index contributed by atoms with van der Waals surface area (Å²) < 4.78 is 33.6. The van der Waals surface area contributed by atoms with Crippen LogP contribution < -0.4 is 4.90 Å². The van der Waals surface area contributed by atoms with Gasteiger partial charge in [-0.3, -0.25) is 4.90 Å². The fraction of sp³-hybridized carbons (Fsp3) is 0.433. The first-order valence-corrected chi connectivity index (χ1v) is 14.2. The van der Waals surface area contributed by atoms with E-state index < -0.39 is 18.0 Å². The minimum absolute atomic E-state index is 0.00386. The maximum atomic E-state index is 14.5. The van der Waals surface area contributed by atoms with Gasteiger partial charge in [0, 0.05) is 24.6 Å². The topological polar surface area (TPSA) is 82.6 Å². The molecule has 10 heteroatoms. The van der Waals surface area contributed by atoms with E-state index in [1.165, 1.54) is 17.0 Å². The average molecular weight is 567 g/mol. The molecule has 1 saturated heterocycles. The van der Waals surface area contributed by atoms with Crippen LogP contribution in [0.3, 0.4) is 0 Å². The predicted molar refractivity (Wildman–Crippen MR) is 150 cm³/mol. The summed E-state index contributed by atoms with van der Waals surface area (Å²) in [7, 11) is 0. The summed E-state index contributed by atoms with van der Waals surface area (Å²) in [5.41, 5.74) is 4.94. The summed E-state index contributed by atoms with van der Waals surface area (Å²) >= 11 is 5.96. The van der Waals surface area contributed by atoms with Crippen LogP contribution >= 0.6 is 11.6 Å². The second kappa shape index (κ2) is 10.9. The first-order valence-electron chi connectivity index (χ1n) is 13.8. The van der Waals surface area contributed by atoms with Gasteiger partial charge in [0.25, 0.3) is 0 Å². The van der Waals surface area contributed by atoms with E-state index in [1.807, 2.05) is 20.8 Å². The Balaban J connectivity index is 1.48. The van der Waals surface area contributed by atoms with Gasteiger partial charge >= 0.3 is 6.09 Å². The lowest BCUT2D eigenvalue weighted by Crippen LogP contribution is -2.42. The summed E-state index contributed by atoms with van der Waals surface area (Å²) in [6.45, 7) is 6.81. The molecular formula is C30H32ClFN4O4. The Labute approximate surface area is 237 Å². The highest BCUT2D eigenvalue weighted by Crippen LogP contribution is 2.41. The number of carbonyl (C=O) groups is 1. The van der Waals surface area contributed by atoms with E-state index in [9.17, 15) is 9.18 Å². The van der Waals surface area contributed by atoms with Crippen LogP contribution in [0.1, 0.15) is 68.4 Å². The third-order valence-electron chi connectivity index (χ3n) is 8.05. The van der Waals surface area contributed by atoms with Gasteiger partial charge in [-0.05, 0) is 82.3 Å². The van der Waals surface area contributed by atoms with Gasteiger partial charge < -0.3 is 18.6 Å². The quantitative estimate of drug-likeness (QED) is 0.238. The fourth-order valence-electron chi connectivity index (χ4n) is 6.24. The van der Waals surface area contributed by atoms with Crippen molar-refractivity contribution in [1.29, 1.82) is 0 Å². The van der Waals surface area contributed by atoms with Crippen molar-refractivity contribution >= 4 is 34.4 Å². The summed E-state index contributed by atoms with van der Waals surface area (Å²) in [6, 6.07) is 10.3. The highest BCUT2D eigenvalue weighted by Gasteiger charge is 2.38. The number of rotatable bonds is 6. The number of amides is 1. The van der Waals surface area contributed by atoms with E-state index in [4.69, 9.17) is 30.6 Å². The summed E-state index contributed by atoms with van der Waals surface area (Å²) in [4.78, 5) is 19.8. The van der Waals surface area contributed by atoms with Gasteiger partial charge in [-0.1, -0.05) is 22.8 Å². The van der Waals surface area contributed by atoms with Gasteiger partial charge in [-0.2, -0.15) is 0 Å². The highest BCUT2D eigenvalue weighted by molar-refractivity contribution is 6.30. The van der Waals surface area contributed by atoms with Crippen molar-refractivity contribution in [2.75, 3.05) is 18.1 Å². The number of aromatic nitrogens is 3. The smallest absolute Gasteiger partial charge is 0.414 e. The molecule has 0 bridgehead atoms. The Hall–Kier alpha value is -3.43. The van der Waals surface area contributed by atoms with Gasteiger partial charge in [0.15, 0.2) is 0 Å². The Bertz CT molecular complexity index is 1540. The largest absolute Gasteiger partial charge is 0.449 e. The normalized spacial score (nSPS) is 21.7. The number of imidazole rings is 1. The first kappa shape index (κ1) is 26.8. The number of aryl methyl sites for hydroxylation is 2. The van der Waals surface area contributed by atoms with E-state index in [1.54, 1.807) is 6.07 Å². The Morgan fingerprint density at radius 2 is 1.90 bits per heavy atom. The maximum Gasteiger partial charge on any atom is 0.414 e. The van der Waals surface area contributed by atoms with Crippen molar-refractivity contribution in [2.24, 2.45) is 0 Å². The lowest BCUT2D eigenvalue weighted by molar-refractivity contribution is 0.0270. The molecule has 6 rings (SSSR count). The molecule has 1 atom stereocenters. The standard InChI is InChI=1S/C30H32ClFN4O4/c1-4-38-22-9-6-20(7-10-22)35-26-12-5-19(28-17(2)34-40-18(28)3)15-25(26)33-29(35)27-13-14-39-30(37)36(27)21-8-11-23(31)24(32)16-21/h5,8,11-12,15-16,20,22,27H,4,6-7,9-10,13-14H2,1-3H3/t20?,22?,27-/m0/s1. The molecule has 2 aliphatic rings. The molecule has 210 valence electrons. The number of ether oxygens (including phenoxy) is 2. The molecule has 0 unspecified atom stereocenters. The third-order valence-corrected chi connectivity index (χ3v) is 8.36. The van der Waals surface area contributed by atoms with Crippen LogP contribution in [-0.4, -0.2) is 40.1 Å². The zero-order valence-electron chi connectivity index (χ0n) is 22.8. The van der Waals surface area contributed by atoms with E-state index in [2.05, 4.69) is 27.9 Å². The molecule has 4 aromatic rings. The Morgan fingerprint density at radius 3 is 2.60 bits per heavy atom. The second-order valence-electron chi connectivity index (χ2n) is 10.5. The van der Waals surface area contributed by atoms with E-state index in [0.29, 0.717) is 18.7 Å². The van der Waals surface area contributed by atoms with Crippen molar-refractivity contribution in [3.05, 3.63) is 64.5 Å². The van der Waals surface area contributed by atoms with Crippen molar-refractivity contribution in [3.8, 4) is 11.1 Å². The number of fused-ring (bicyclic) bond motifs is 1. The average Bonchev–Trinajstić information content (AvgIpc) is 3.49. The molecule has 1 saturated carbocycles. The number of nitrogens with zero attached hydrogens (tertiary/aromatic N) is 4. The zero-order chi connectivity index (χ0) is 28.0. The molecular weight excluding hydrogens is 535 g/mol. The molecule has 0 radical (unpaired) electrons. The van der Waals surface area contributed by atoms with Crippen LogP contribution in [0, 0.1) is 19.7 Å². The Morgan fingerprint density at radius 1 is 1.10 bits per heavy atom. The second-order valence-corrected chi connectivity index (χ2v) is 10.9. The molecule has 2 fully saturated rings. The number of benzene rings is 2. The van der Waals surface area contributed by atoms with Crippen molar-refractivity contribution < 1.29 is 23.2 Å². The predicted octanol–water partition coefficient (Wildman–Crippen LogP) is 7.71. The third kappa shape index (κ3) is 4.75. The molecule has 0 spiro atoms. The molecule has 1 aliphatic carbocycles. The molecule has 2 aromatic heterocycles. The molecule has 2 aromatic carbocycles. The summed E-state index contributed by atoms with van der Waals surface area (Å²) in [6.07, 6.45) is 4.01. The van der Waals surface area contributed by atoms with Crippen molar-refractivity contribution in [2.45, 2.75) is 71.1 Å². The highest BCUT2D eigenvalue weighted by atomic mass is 35.5. The summed E-state index contributed by atoms with van der Waals surface area (Å²) in [5, 5.41) is 4.12. The van der Waals surface area contributed by atoms with Gasteiger partial charge in [0.1, 0.15) is 23.4 Å². The number of halogens is 2. The van der Waals surface area contributed by atoms with Crippen LogP contribution in [0.2, 0.25) is 5.02 Å². The zero-order valence-corrected chi connectivity index (χ0v) is 23.6. The van der Waals surface area contributed by atoms with Gasteiger partial charge in [0.05, 0.1) is 40.1 Å². The van der Waals surface area contributed by atoms with Crippen molar-refractivity contribution in [3.63, 3.8) is 0 Å². The number of hydrogen-bond acceptors (Lipinski definition) is 6. The maximum absolute atomic E-state index is 14.5. The van der Waals surface area contributed by atoms with Crippen molar-refractivity contribution in [1.82, 2.24) is 14.7 Å². The monoisotopic (exact) mass is 566 g/mol. The molecule has 1 aliphatic heterocycles. The van der Waals surface area contributed by atoms with Crippen LogP contribution in [0.4, 0.5) is 14.9 Å². The lowest BCUT2D eigenvalue weighted by atomic mass is 9.92. The van der Waals surface area contributed by atoms with E-state index >= 15 is 0 Å². The molecule has 8 nitrogen and oxygen atoms in total. The first-order chi connectivity index (χ1) is 19.4. The fourth-order valence-corrected chi connectivity index (χ4v) is 6.36. The Kier molecular flexibility index (Phi) is 7.27. The van der Waals surface area contributed by atoms with Gasteiger partial charge in [-0.25, -0.2) is 14.2 Å². The minimum Gasteiger partial charge on any atom is -0.449 e. The molecule has 3 heterocycles. The van der Waals surface area contributed by atoms with Crippen LogP contribution in [0.25, 0.3) is 22.2 Å². The van der Waals surface area contributed by atoms with Gasteiger partial charge in [0.2, 0.25) is 0 Å². The summed E-state index contributed by atoms with van der Waals surface area (Å²) in [5.74, 6) is 0.914. The number of cyclic esters (lactones) is 1. The molecule has 0 N–H and O–H groups in total. The SMILES string of the molecule is CCOC1CCC(n2c([C@@H]3CCOC(=O)N3c3ccc(Cl)c(F)c3)nc3cc(-c4c(C)noc4C)ccc32)CC1. The minimum atomic E-state index is -0.594. The van der Waals surface area contributed by atoms with Gasteiger partial charge in [-0.15, -0.1) is 0 Å². The van der Waals surface area contributed by atoms with E-state index in [0.717, 1.165) is 65.1 Å². The molecule has 1 amide bonds. The van der Waals surface area contributed by atoms with E-state index in [-0.39, 0.29) is 23.8 Å². The molecule has 40 heavy (non-hydrogen) atoms. The van der Waals surface area contributed by atoms with Crippen LogP contribution in [-0.2, 0) is 9.47 Å². The number of hydrogen-bond donors (Lipinski definition) is 0. The number of carbonyl (C=O) groups excluding carboxylic acids is 1.